The molecule has 0 bridgehead atoms. The van der Waals surface area contributed by atoms with Crippen molar-refractivity contribution >= 4 is 0 Å². The number of aromatic nitrogens is 2. The maximum atomic E-state index is 4.21. The third-order valence-electron chi connectivity index (χ3n) is 2.61. The van der Waals surface area contributed by atoms with E-state index in [2.05, 4.69) is 49.5 Å². The summed E-state index contributed by atoms with van der Waals surface area (Å²) in [5.74, 6) is 0. The van der Waals surface area contributed by atoms with Crippen molar-refractivity contribution in [1.82, 2.24) is 14.9 Å². The molecule has 1 heterocycles. The van der Waals surface area contributed by atoms with Crippen molar-refractivity contribution < 1.29 is 0 Å². The van der Waals surface area contributed by atoms with Crippen molar-refractivity contribution in [2.24, 2.45) is 0 Å². The van der Waals surface area contributed by atoms with E-state index in [0.717, 1.165) is 13.0 Å². The van der Waals surface area contributed by atoms with Crippen LogP contribution in [-0.2, 0) is 6.54 Å². The van der Waals surface area contributed by atoms with E-state index in [4.69, 9.17) is 0 Å². The number of nitrogens with zero attached hydrogens (tertiary/aromatic N) is 2. The summed E-state index contributed by atoms with van der Waals surface area (Å²) in [6, 6.07) is 0.532. The van der Waals surface area contributed by atoms with E-state index < -0.39 is 0 Å². The number of nitrogens with one attached hydrogen (secondary N) is 1. The summed E-state index contributed by atoms with van der Waals surface area (Å²) >= 11 is 0. The molecule has 0 saturated carbocycles. The minimum absolute atomic E-state index is 0.157. The molecule has 1 N–H and O–H groups in total. The number of hydrogen-bond acceptors (Lipinski definition) is 2. The van der Waals surface area contributed by atoms with Crippen LogP contribution in [-0.4, -0.2) is 15.1 Å². The van der Waals surface area contributed by atoms with Gasteiger partial charge in [0.25, 0.3) is 0 Å². The number of hydrogen-bond donors (Lipinski definition) is 1. The molecule has 86 valence electrons. The first kappa shape index (κ1) is 12.2. The Morgan fingerprint density at radius 2 is 2.13 bits per heavy atom. The maximum Gasteiger partial charge on any atom is 0.0951 e. The molecule has 1 aromatic heterocycles. The fraction of sp³-hybridized carbons (Fsp3) is 0.750. The van der Waals surface area contributed by atoms with E-state index in [1.807, 2.05) is 12.5 Å². The van der Waals surface area contributed by atoms with Crippen LogP contribution < -0.4 is 5.32 Å². The van der Waals surface area contributed by atoms with Gasteiger partial charge in [0.15, 0.2) is 0 Å². The highest BCUT2D eigenvalue weighted by molar-refractivity contribution is 5.00. The van der Waals surface area contributed by atoms with Crippen LogP contribution in [0.3, 0.4) is 0 Å². The second kappa shape index (κ2) is 4.79. The Balaban J connectivity index is 2.65. The van der Waals surface area contributed by atoms with Gasteiger partial charge in [-0.3, -0.25) is 0 Å². The Hall–Kier alpha value is -0.830. The molecule has 1 unspecified atom stereocenters. The summed E-state index contributed by atoms with van der Waals surface area (Å²) in [5, 5.41) is 3.48. The highest BCUT2D eigenvalue weighted by atomic mass is 15.1. The second-order valence-corrected chi connectivity index (χ2v) is 5.15. The van der Waals surface area contributed by atoms with Gasteiger partial charge < -0.3 is 9.88 Å². The van der Waals surface area contributed by atoms with Gasteiger partial charge in [0.2, 0.25) is 0 Å². The zero-order valence-electron chi connectivity index (χ0n) is 10.5. The molecule has 3 nitrogen and oxygen atoms in total. The summed E-state index contributed by atoms with van der Waals surface area (Å²) in [7, 11) is 0. The van der Waals surface area contributed by atoms with Crippen LogP contribution >= 0.6 is 0 Å². The lowest BCUT2D eigenvalue weighted by atomic mass is 10.1. The van der Waals surface area contributed by atoms with E-state index in [1.165, 1.54) is 5.69 Å². The molecule has 3 heteroatoms. The Kier molecular flexibility index (Phi) is 3.91. The predicted octanol–water partition coefficient (Wildman–Crippen LogP) is 2.74. The summed E-state index contributed by atoms with van der Waals surface area (Å²) in [6.45, 7) is 11.8. The number of imidazole rings is 1. The zero-order chi connectivity index (χ0) is 11.5. The van der Waals surface area contributed by atoms with Crippen molar-refractivity contribution in [2.45, 2.75) is 59.2 Å². The van der Waals surface area contributed by atoms with E-state index in [9.17, 15) is 0 Å². The van der Waals surface area contributed by atoms with Crippen molar-refractivity contribution in [1.29, 1.82) is 0 Å². The zero-order valence-corrected chi connectivity index (χ0v) is 10.5. The van der Waals surface area contributed by atoms with Gasteiger partial charge in [-0.25, -0.2) is 4.98 Å². The first-order chi connectivity index (χ1) is 6.94. The van der Waals surface area contributed by atoms with Crippen molar-refractivity contribution in [3.63, 3.8) is 0 Å². The molecule has 0 radical (unpaired) electrons. The molecule has 0 aliphatic carbocycles. The van der Waals surface area contributed by atoms with Gasteiger partial charge in [0.1, 0.15) is 0 Å². The van der Waals surface area contributed by atoms with Crippen LogP contribution in [0.15, 0.2) is 12.5 Å². The highest BCUT2D eigenvalue weighted by Crippen LogP contribution is 2.13. The quantitative estimate of drug-likeness (QED) is 0.826. The molecule has 1 aromatic rings. The average Bonchev–Trinajstić information content (AvgIpc) is 2.60. The molecule has 0 aromatic carbocycles. The van der Waals surface area contributed by atoms with Crippen LogP contribution in [0.4, 0.5) is 0 Å². The minimum Gasteiger partial charge on any atom is -0.331 e. The molecular weight excluding hydrogens is 186 g/mol. The molecular formula is C12H23N3. The normalized spacial score (nSPS) is 14.2. The van der Waals surface area contributed by atoms with Crippen LogP contribution in [0.25, 0.3) is 0 Å². The van der Waals surface area contributed by atoms with E-state index in [-0.39, 0.29) is 5.54 Å². The highest BCUT2D eigenvalue weighted by Gasteiger charge is 2.12. The Morgan fingerprint density at radius 1 is 1.47 bits per heavy atom. The predicted molar refractivity (Wildman–Crippen MR) is 63.8 cm³/mol. The van der Waals surface area contributed by atoms with Gasteiger partial charge in [0.05, 0.1) is 12.0 Å². The van der Waals surface area contributed by atoms with Crippen molar-refractivity contribution in [3.05, 3.63) is 18.2 Å². The van der Waals surface area contributed by atoms with Crippen LogP contribution in [0.5, 0.6) is 0 Å². The molecule has 1 atom stereocenters. The fourth-order valence-electron chi connectivity index (χ4n) is 1.42. The van der Waals surface area contributed by atoms with Crippen LogP contribution in [0, 0.1) is 0 Å². The molecule has 0 aliphatic rings. The molecule has 0 aliphatic heterocycles. The van der Waals surface area contributed by atoms with Crippen molar-refractivity contribution in [3.8, 4) is 0 Å². The molecule has 15 heavy (non-hydrogen) atoms. The Bertz CT molecular complexity index is 296. The minimum atomic E-state index is 0.157. The van der Waals surface area contributed by atoms with Gasteiger partial charge in [-0.1, -0.05) is 6.92 Å². The second-order valence-electron chi connectivity index (χ2n) is 5.15. The first-order valence-corrected chi connectivity index (χ1v) is 5.69. The van der Waals surface area contributed by atoms with Gasteiger partial charge >= 0.3 is 0 Å². The lowest BCUT2D eigenvalue weighted by Gasteiger charge is -2.22. The smallest absolute Gasteiger partial charge is 0.0951 e. The lowest BCUT2D eigenvalue weighted by molar-refractivity contribution is 0.407. The average molecular weight is 209 g/mol. The summed E-state index contributed by atoms with van der Waals surface area (Å²) in [5.41, 5.74) is 1.42. The first-order valence-electron chi connectivity index (χ1n) is 5.69. The van der Waals surface area contributed by atoms with Gasteiger partial charge in [0, 0.05) is 24.3 Å². The molecule has 0 amide bonds. The standard InChI is InChI=1S/C12H23N3/c1-6-10(2)15-9-13-7-11(15)8-14-12(3,4)5/h7,9-10,14H,6,8H2,1-5H3. The molecule has 0 fully saturated rings. The topological polar surface area (TPSA) is 29.9 Å². The summed E-state index contributed by atoms with van der Waals surface area (Å²) < 4.78 is 2.25. The van der Waals surface area contributed by atoms with E-state index in [1.54, 1.807) is 0 Å². The van der Waals surface area contributed by atoms with Gasteiger partial charge in [-0.2, -0.15) is 0 Å². The Morgan fingerprint density at radius 3 is 2.67 bits per heavy atom. The summed E-state index contributed by atoms with van der Waals surface area (Å²) in [4.78, 5) is 4.21. The molecule has 1 rings (SSSR count). The molecule has 0 saturated heterocycles. The van der Waals surface area contributed by atoms with E-state index in [0.29, 0.717) is 6.04 Å². The third kappa shape index (κ3) is 3.67. The Labute approximate surface area is 92.9 Å². The largest absolute Gasteiger partial charge is 0.331 e. The lowest BCUT2D eigenvalue weighted by Crippen LogP contribution is -2.35. The van der Waals surface area contributed by atoms with Gasteiger partial charge in [-0.05, 0) is 34.1 Å². The monoisotopic (exact) mass is 209 g/mol. The van der Waals surface area contributed by atoms with Crippen LogP contribution in [0.2, 0.25) is 0 Å². The van der Waals surface area contributed by atoms with Crippen molar-refractivity contribution in [2.75, 3.05) is 0 Å². The van der Waals surface area contributed by atoms with Crippen LogP contribution in [0.1, 0.15) is 52.8 Å². The van der Waals surface area contributed by atoms with E-state index >= 15 is 0 Å². The van der Waals surface area contributed by atoms with Gasteiger partial charge in [-0.15, -0.1) is 0 Å². The number of rotatable bonds is 4. The fourth-order valence-corrected chi connectivity index (χ4v) is 1.42. The molecule has 0 spiro atoms. The summed E-state index contributed by atoms with van der Waals surface area (Å²) in [6.07, 6.45) is 5.01. The third-order valence-corrected chi connectivity index (χ3v) is 2.61. The maximum absolute atomic E-state index is 4.21. The SMILES string of the molecule is CCC(C)n1cncc1CNC(C)(C)C.